The molecule has 1 aromatic rings. The van der Waals surface area contributed by atoms with Gasteiger partial charge in [0.2, 0.25) is 11.9 Å². The van der Waals surface area contributed by atoms with E-state index in [9.17, 15) is 19.7 Å². The first kappa shape index (κ1) is 12.2. The number of hydrogen-bond acceptors (Lipinski definition) is 4. The summed E-state index contributed by atoms with van der Waals surface area (Å²) in [5.41, 5.74) is 0.983. The van der Waals surface area contributed by atoms with Gasteiger partial charge in [-0.15, -0.1) is 0 Å². The van der Waals surface area contributed by atoms with Crippen molar-refractivity contribution in [2.45, 2.75) is 19.4 Å². The normalized spacial score (nSPS) is 21.2. The number of nitrogens with one attached hydrogen (secondary N) is 1. The summed E-state index contributed by atoms with van der Waals surface area (Å²) < 4.78 is 0. The first-order valence-corrected chi connectivity index (χ1v) is 5.54. The van der Waals surface area contributed by atoms with E-state index in [1.807, 2.05) is 0 Å². The van der Waals surface area contributed by atoms with Gasteiger partial charge in [-0.25, -0.2) is 0 Å². The van der Waals surface area contributed by atoms with Gasteiger partial charge < -0.3 is 5.32 Å². The third-order valence-electron chi connectivity index (χ3n) is 2.90. The molecule has 1 fully saturated rings. The lowest BCUT2D eigenvalue weighted by Crippen LogP contribution is -2.18. The van der Waals surface area contributed by atoms with Crippen LogP contribution in [0.25, 0.3) is 0 Å². The molecule has 0 aromatic heterocycles. The van der Waals surface area contributed by atoms with Gasteiger partial charge in [-0.1, -0.05) is 12.1 Å². The molecule has 1 N–H and O–H groups in total. The van der Waals surface area contributed by atoms with E-state index in [0.717, 1.165) is 0 Å². The van der Waals surface area contributed by atoms with E-state index in [2.05, 4.69) is 5.32 Å². The lowest BCUT2D eigenvalue weighted by Gasteiger charge is -2.04. The smallest absolute Gasteiger partial charge is 0.234 e. The summed E-state index contributed by atoms with van der Waals surface area (Å²) >= 11 is 0. The molecule has 94 valence electrons. The first-order chi connectivity index (χ1) is 8.49. The lowest BCUT2D eigenvalue weighted by atomic mass is 10.1. The minimum atomic E-state index is -0.763. The zero-order valence-electron chi connectivity index (χ0n) is 9.75. The third kappa shape index (κ3) is 2.53. The van der Waals surface area contributed by atoms with Crippen LogP contribution in [0.3, 0.4) is 0 Å². The Hall–Kier alpha value is -2.24. The number of carbonyl (C=O) groups excluding carboxylic acids is 2. The molecule has 1 saturated carbocycles. The van der Waals surface area contributed by atoms with E-state index in [-0.39, 0.29) is 18.1 Å². The molecule has 0 radical (unpaired) electrons. The summed E-state index contributed by atoms with van der Waals surface area (Å²) in [4.78, 5) is 32.9. The number of hydrogen-bond donors (Lipinski definition) is 1. The number of ketones is 1. The Morgan fingerprint density at radius 3 is 2.72 bits per heavy atom. The predicted molar refractivity (Wildman–Crippen MR) is 64.0 cm³/mol. The highest BCUT2D eigenvalue weighted by Gasteiger charge is 2.53. The number of anilines is 1. The summed E-state index contributed by atoms with van der Waals surface area (Å²) in [5.74, 6) is -1.01. The van der Waals surface area contributed by atoms with E-state index in [4.69, 9.17) is 0 Å². The van der Waals surface area contributed by atoms with Gasteiger partial charge in [0.15, 0.2) is 5.78 Å². The maximum Gasteiger partial charge on any atom is 0.234 e. The monoisotopic (exact) mass is 248 g/mol. The van der Waals surface area contributed by atoms with Gasteiger partial charge in [0.1, 0.15) is 5.92 Å². The van der Waals surface area contributed by atoms with E-state index >= 15 is 0 Å². The van der Waals surface area contributed by atoms with Crippen LogP contribution < -0.4 is 5.32 Å². The SMILES string of the molecule is CC(=O)c1cccc(NC(=O)[C@@H]2C[C@H]2[N+](=O)[O-])c1. The van der Waals surface area contributed by atoms with Crippen LogP contribution in [0.4, 0.5) is 5.69 Å². The van der Waals surface area contributed by atoms with Crippen LogP contribution in [0.5, 0.6) is 0 Å². The second-order valence-electron chi connectivity index (χ2n) is 4.32. The average Bonchev–Trinajstić information content (AvgIpc) is 3.09. The van der Waals surface area contributed by atoms with Crippen LogP contribution in [0.15, 0.2) is 24.3 Å². The summed E-state index contributed by atoms with van der Waals surface area (Å²) in [7, 11) is 0. The van der Waals surface area contributed by atoms with Gasteiger partial charge in [-0.05, 0) is 19.1 Å². The van der Waals surface area contributed by atoms with Crippen molar-refractivity contribution in [1.82, 2.24) is 0 Å². The minimum Gasteiger partial charge on any atom is -0.326 e. The summed E-state index contributed by atoms with van der Waals surface area (Å²) in [5, 5.41) is 13.0. The van der Waals surface area contributed by atoms with Crippen LogP contribution in [-0.4, -0.2) is 22.7 Å². The molecular weight excluding hydrogens is 236 g/mol. The highest BCUT2D eigenvalue weighted by molar-refractivity contribution is 5.98. The zero-order valence-corrected chi connectivity index (χ0v) is 9.75. The van der Waals surface area contributed by atoms with Crippen LogP contribution in [0.2, 0.25) is 0 Å². The average molecular weight is 248 g/mol. The molecule has 1 amide bonds. The van der Waals surface area contributed by atoms with Gasteiger partial charge >= 0.3 is 0 Å². The molecule has 0 aliphatic heterocycles. The van der Waals surface area contributed by atoms with Gasteiger partial charge in [0.05, 0.1) is 0 Å². The first-order valence-electron chi connectivity index (χ1n) is 5.54. The molecule has 6 heteroatoms. The quantitative estimate of drug-likeness (QED) is 0.496. The Bertz CT molecular complexity index is 527. The van der Waals surface area contributed by atoms with E-state index < -0.39 is 16.9 Å². The van der Waals surface area contributed by atoms with Gasteiger partial charge in [-0.2, -0.15) is 0 Å². The van der Waals surface area contributed by atoms with Crippen molar-refractivity contribution >= 4 is 17.4 Å². The lowest BCUT2D eigenvalue weighted by molar-refractivity contribution is -0.497. The molecule has 18 heavy (non-hydrogen) atoms. The number of benzene rings is 1. The summed E-state index contributed by atoms with van der Waals surface area (Å²) in [6.07, 6.45) is 0.283. The van der Waals surface area contributed by atoms with Crippen molar-refractivity contribution in [3.8, 4) is 0 Å². The highest BCUT2D eigenvalue weighted by Crippen LogP contribution is 2.34. The number of nitrogens with zero attached hydrogens (tertiary/aromatic N) is 1. The second kappa shape index (κ2) is 4.56. The van der Waals surface area contributed by atoms with E-state index in [1.165, 1.54) is 6.92 Å². The molecule has 0 bridgehead atoms. The Morgan fingerprint density at radius 2 is 2.17 bits per heavy atom. The van der Waals surface area contributed by atoms with Crippen molar-refractivity contribution in [3.05, 3.63) is 39.9 Å². The van der Waals surface area contributed by atoms with Crippen molar-refractivity contribution in [1.29, 1.82) is 0 Å². The minimum absolute atomic E-state index is 0.0966. The van der Waals surface area contributed by atoms with Gasteiger partial charge in [0.25, 0.3) is 0 Å². The fourth-order valence-electron chi connectivity index (χ4n) is 1.75. The third-order valence-corrected chi connectivity index (χ3v) is 2.90. The molecule has 2 atom stereocenters. The Morgan fingerprint density at radius 1 is 1.44 bits per heavy atom. The molecule has 0 unspecified atom stereocenters. The van der Waals surface area contributed by atoms with Crippen LogP contribution >= 0.6 is 0 Å². The number of nitro groups is 1. The van der Waals surface area contributed by atoms with Crippen LogP contribution in [0.1, 0.15) is 23.7 Å². The molecule has 1 aliphatic carbocycles. The number of Topliss-reactive ketones (excluding diaryl/α,β-unsaturated/α-hetero) is 1. The standard InChI is InChI=1S/C12H12N2O4/c1-7(15)8-3-2-4-9(5-8)13-12(16)10-6-11(10)14(17)18/h2-5,10-11H,6H2,1H3,(H,13,16)/t10-,11-/m1/s1. The number of amides is 1. The van der Waals surface area contributed by atoms with Crippen LogP contribution in [-0.2, 0) is 4.79 Å². The summed E-state index contributed by atoms with van der Waals surface area (Å²) in [6.45, 7) is 1.44. The van der Waals surface area contributed by atoms with Crippen LogP contribution in [0, 0.1) is 16.0 Å². The maximum absolute atomic E-state index is 11.7. The maximum atomic E-state index is 11.7. The molecule has 0 spiro atoms. The van der Waals surface area contributed by atoms with E-state index in [0.29, 0.717) is 11.3 Å². The predicted octanol–water partition coefficient (Wildman–Crippen LogP) is 1.49. The molecule has 1 aliphatic rings. The fraction of sp³-hybridized carbons (Fsp3) is 0.333. The number of rotatable bonds is 4. The Balaban J connectivity index is 2.02. The second-order valence-corrected chi connectivity index (χ2v) is 4.32. The summed E-state index contributed by atoms with van der Waals surface area (Å²) in [6, 6.07) is 5.75. The van der Waals surface area contributed by atoms with Gasteiger partial charge in [0, 0.05) is 22.6 Å². The molecular formula is C12H12N2O4. The number of carbonyl (C=O) groups is 2. The largest absolute Gasteiger partial charge is 0.326 e. The highest BCUT2D eigenvalue weighted by atomic mass is 16.6. The molecule has 2 rings (SSSR count). The van der Waals surface area contributed by atoms with Gasteiger partial charge in [-0.3, -0.25) is 19.7 Å². The fourth-order valence-corrected chi connectivity index (χ4v) is 1.75. The Labute approximate surface area is 103 Å². The van der Waals surface area contributed by atoms with Crippen molar-refractivity contribution in [2.75, 3.05) is 5.32 Å². The molecule has 0 saturated heterocycles. The topological polar surface area (TPSA) is 89.3 Å². The Kier molecular flexibility index (Phi) is 3.10. The molecule has 6 nitrogen and oxygen atoms in total. The molecule has 0 heterocycles. The zero-order chi connectivity index (χ0) is 13.3. The van der Waals surface area contributed by atoms with Crippen molar-refractivity contribution in [2.24, 2.45) is 5.92 Å². The molecule has 1 aromatic carbocycles. The van der Waals surface area contributed by atoms with Crippen molar-refractivity contribution < 1.29 is 14.5 Å². The van der Waals surface area contributed by atoms with Crippen molar-refractivity contribution in [3.63, 3.8) is 0 Å². The van der Waals surface area contributed by atoms with E-state index in [1.54, 1.807) is 24.3 Å².